The number of methoxy groups -OCH3 is 1. The maximum atomic E-state index is 12.8. The lowest BCUT2D eigenvalue weighted by Crippen LogP contribution is -2.58. The van der Waals surface area contributed by atoms with Crippen LogP contribution in [0.2, 0.25) is 0 Å². The third kappa shape index (κ3) is 2.86. The molecule has 0 unspecified atom stereocenters. The number of benzene rings is 2. The smallest absolute Gasteiger partial charge is 0.335 e. The van der Waals surface area contributed by atoms with E-state index in [1.54, 1.807) is 42.5 Å². The van der Waals surface area contributed by atoms with E-state index in [-0.39, 0.29) is 6.42 Å². The molecule has 4 amide bonds. The molecule has 3 rings (SSSR count). The van der Waals surface area contributed by atoms with Crippen LogP contribution >= 0.6 is 0 Å². The first kappa shape index (κ1) is 15.7. The molecule has 0 aliphatic carbocycles. The van der Waals surface area contributed by atoms with Gasteiger partial charge in [-0.25, -0.2) is 9.69 Å². The van der Waals surface area contributed by atoms with Gasteiger partial charge in [-0.3, -0.25) is 14.9 Å². The zero-order chi connectivity index (χ0) is 17.1. The van der Waals surface area contributed by atoms with Gasteiger partial charge in [-0.05, 0) is 30.2 Å². The summed E-state index contributed by atoms with van der Waals surface area (Å²) in [5.74, 6) is -1.52. The molecule has 1 fully saturated rings. The lowest BCUT2D eigenvalue weighted by molar-refractivity contribution is -0.134. The molecule has 0 aromatic heterocycles. The zero-order valence-electron chi connectivity index (χ0n) is 13.1. The van der Waals surface area contributed by atoms with Crippen LogP contribution in [-0.4, -0.2) is 25.0 Å². The molecule has 1 aliphatic heterocycles. The van der Waals surface area contributed by atoms with Crippen molar-refractivity contribution < 1.29 is 19.1 Å². The molecule has 0 bridgehead atoms. The van der Waals surface area contributed by atoms with Gasteiger partial charge >= 0.3 is 6.03 Å². The second-order valence-corrected chi connectivity index (χ2v) is 5.37. The first-order chi connectivity index (χ1) is 11.6. The average molecular weight is 324 g/mol. The van der Waals surface area contributed by atoms with E-state index in [9.17, 15) is 14.4 Å². The number of carbonyl (C=O) groups is 3. The Morgan fingerprint density at radius 3 is 2.38 bits per heavy atom. The van der Waals surface area contributed by atoms with Crippen molar-refractivity contribution in [2.24, 2.45) is 5.92 Å². The number of rotatable bonds is 4. The number of nitrogens with zero attached hydrogens (tertiary/aromatic N) is 1. The fourth-order valence-electron chi connectivity index (χ4n) is 2.71. The van der Waals surface area contributed by atoms with Crippen molar-refractivity contribution in [1.29, 1.82) is 0 Å². The molecule has 1 saturated heterocycles. The summed E-state index contributed by atoms with van der Waals surface area (Å²) in [6, 6.07) is 15.0. The highest BCUT2D eigenvalue weighted by Crippen LogP contribution is 2.26. The molecule has 1 heterocycles. The van der Waals surface area contributed by atoms with Gasteiger partial charge in [0.05, 0.1) is 12.8 Å². The third-order valence-electron chi connectivity index (χ3n) is 3.90. The van der Waals surface area contributed by atoms with E-state index in [1.807, 2.05) is 12.1 Å². The minimum absolute atomic E-state index is 0.158. The van der Waals surface area contributed by atoms with Gasteiger partial charge in [0.25, 0.3) is 0 Å². The van der Waals surface area contributed by atoms with Crippen LogP contribution in [-0.2, 0) is 16.0 Å². The van der Waals surface area contributed by atoms with E-state index in [4.69, 9.17) is 4.74 Å². The Labute approximate surface area is 139 Å². The number of urea groups is 1. The van der Waals surface area contributed by atoms with E-state index in [1.165, 1.54) is 7.11 Å². The predicted octanol–water partition coefficient (Wildman–Crippen LogP) is 2.14. The number of imide groups is 2. The summed E-state index contributed by atoms with van der Waals surface area (Å²) < 4.78 is 5.27. The molecule has 2 aromatic rings. The second kappa shape index (κ2) is 6.54. The standard InChI is InChI=1S/C18H16N2O4/c1-24-15-10-6-5-7-12(15)11-14-16(21)19-18(23)20(17(14)22)13-8-3-2-4-9-13/h2-10,14H,11H2,1H3,(H,19,21,23)/t14-/m1/s1. The second-order valence-electron chi connectivity index (χ2n) is 5.37. The lowest BCUT2D eigenvalue weighted by Gasteiger charge is -2.30. The predicted molar refractivity (Wildman–Crippen MR) is 87.7 cm³/mol. The summed E-state index contributed by atoms with van der Waals surface area (Å²) in [7, 11) is 1.53. The first-order valence-corrected chi connectivity index (χ1v) is 7.47. The zero-order valence-corrected chi connectivity index (χ0v) is 13.1. The highest BCUT2D eigenvalue weighted by atomic mass is 16.5. The molecule has 1 N–H and O–H groups in total. The van der Waals surface area contributed by atoms with E-state index < -0.39 is 23.8 Å². The first-order valence-electron chi connectivity index (χ1n) is 7.47. The molecule has 1 aliphatic rings. The summed E-state index contributed by atoms with van der Waals surface area (Å²) >= 11 is 0. The average Bonchev–Trinajstić information content (AvgIpc) is 2.59. The van der Waals surface area contributed by atoms with Gasteiger partial charge in [0.1, 0.15) is 11.7 Å². The molecular formula is C18H16N2O4. The monoisotopic (exact) mass is 324 g/mol. The molecule has 0 radical (unpaired) electrons. The number of carbonyl (C=O) groups excluding carboxylic acids is 3. The van der Waals surface area contributed by atoms with Crippen molar-refractivity contribution in [1.82, 2.24) is 5.32 Å². The van der Waals surface area contributed by atoms with Crippen molar-refractivity contribution in [3.8, 4) is 5.75 Å². The van der Waals surface area contributed by atoms with E-state index in [0.717, 1.165) is 10.5 Å². The molecule has 1 atom stereocenters. The van der Waals surface area contributed by atoms with Gasteiger partial charge in [0.2, 0.25) is 11.8 Å². The Morgan fingerprint density at radius 1 is 1.00 bits per heavy atom. The summed E-state index contributed by atoms with van der Waals surface area (Å²) in [5, 5.41) is 2.25. The summed E-state index contributed by atoms with van der Waals surface area (Å²) in [4.78, 5) is 38.0. The number of amides is 4. The van der Waals surface area contributed by atoms with Crippen LogP contribution in [0.3, 0.4) is 0 Å². The summed E-state index contributed by atoms with van der Waals surface area (Å²) in [5.41, 5.74) is 1.16. The molecule has 122 valence electrons. The largest absolute Gasteiger partial charge is 0.496 e. The molecule has 2 aromatic carbocycles. The number of ether oxygens (including phenoxy) is 1. The maximum absolute atomic E-state index is 12.8. The SMILES string of the molecule is COc1ccccc1C[C@@H]1C(=O)NC(=O)N(c2ccccc2)C1=O. The molecular weight excluding hydrogens is 308 g/mol. The van der Waals surface area contributed by atoms with Crippen LogP contribution < -0.4 is 15.0 Å². The number of para-hydroxylation sites is 2. The molecule has 6 nitrogen and oxygen atoms in total. The number of nitrogens with one attached hydrogen (secondary N) is 1. The van der Waals surface area contributed by atoms with Crippen LogP contribution in [0.5, 0.6) is 5.75 Å². The van der Waals surface area contributed by atoms with Crippen molar-refractivity contribution in [3.05, 3.63) is 60.2 Å². The molecule has 0 spiro atoms. The van der Waals surface area contributed by atoms with Crippen molar-refractivity contribution in [2.75, 3.05) is 12.0 Å². The van der Waals surface area contributed by atoms with Gasteiger partial charge in [0.15, 0.2) is 0 Å². The van der Waals surface area contributed by atoms with Crippen molar-refractivity contribution in [3.63, 3.8) is 0 Å². The quantitative estimate of drug-likeness (QED) is 0.874. The molecule has 6 heteroatoms. The van der Waals surface area contributed by atoms with Crippen LogP contribution in [0.15, 0.2) is 54.6 Å². The highest BCUT2D eigenvalue weighted by Gasteiger charge is 2.41. The van der Waals surface area contributed by atoms with Gasteiger partial charge in [-0.2, -0.15) is 0 Å². The Morgan fingerprint density at radius 2 is 1.67 bits per heavy atom. The maximum Gasteiger partial charge on any atom is 0.335 e. The van der Waals surface area contributed by atoms with Gasteiger partial charge in [0, 0.05) is 0 Å². The lowest BCUT2D eigenvalue weighted by atomic mass is 9.94. The molecule has 24 heavy (non-hydrogen) atoms. The van der Waals surface area contributed by atoms with Crippen molar-refractivity contribution in [2.45, 2.75) is 6.42 Å². The minimum atomic E-state index is -0.987. The number of hydrogen-bond donors (Lipinski definition) is 1. The Balaban J connectivity index is 1.91. The number of hydrogen-bond acceptors (Lipinski definition) is 4. The van der Waals surface area contributed by atoms with Crippen LogP contribution in [0, 0.1) is 5.92 Å². The fraction of sp³-hybridized carbons (Fsp3) is 0.167. The van der Waals surface area contributed by atoms with Crippen LogP contribution in [0.25, 0.3) is 0 Å². The van der Waals surface area contributed by atoms with Crippen LogP contribution in [0.1, 0.15) is 5.56 Å². The van der Waals surface area contributed by atoms with Gasteiger partial charge in [-0.15, -0.1) is 0 Å². The van der Waals surface area contributed by atoms with E-state index in [0.29, 0.717) is 11.4 Å². The Kier molecular flexibility index (Phi) is 4.29. The van der Waals surface area contributed by atoms with Gasteiger partial charge < -0.3 is 4.74 Å². The van der Waals surface area contributed by atoms with Crippen LogP contribution in [0.4, 0.5) is 10.5 Å². The fourth-order valence-corrected chi connectivity index (χ4v) is 2.71. The number of barbiturate groups is 1. The van der Waals surface area contributed by atoms with E-state index in [2.05, 4.69) is 5.32 Å². The minimum Gasteiger partial charge on any atom is -0.496 e. The van der Waals surface area contributed by atoms with E-state index >= 15 is 0 Å². The normalized spacial score (nSPS) is 17.6. The third-order valence-corrected chi connectivity index (χ3v) is 3.90. The van der Waals surface area contributed by atoms with Crippen molar-refractivity contribution >= 4 is 23.5 Å². The Bertz CT molecular complexity index is 789. The Hall–Kier alpha value is -3.15. The summed E-state index contributed by atoms with van der Waals surface area (Å²) in [6.45, 7) is 0. The molecule has 0 saturated carbocycles. The summed E-state index contributed by atoms with van der Waals surface area (Å²) in [6.07, 6.45) is 0.158. The number of anilines is 1. The topological polar surface area (TPSA) is 75.7 Å². The van der Waals surface area contributed by atoms with Gasteiger partial charge in [-0.1, -0.05) is 36.4 Å². The highest BCUT2D eigenvalue weighted by molar-refractivity contribution is 6.27.